The molecule has 2 N–H and O–H groups in total. The average molecular weight is 499 g/mol. The fourth-order valence-electron chi connectivity index (χ4n) is 4.32. The van der Waals surface area contributed by atoms with Gasteiger partial charge in [0.1, 0.15) is 5.00 Å². The van der Waals surface area contributed by atoms with E-state index in [4.69, 9.17) is 16.3 Å². The summed E-state index contributed by atoms with van der Waals surface area (Å²) in [4.78, 5) is 39.7. The van der Waals surface area contributed by atoms with Crippen LogP contribution in [0.15, 0.2) is 41.3 Å². The Morgan fingerprint density at radius 1 is 1.21 bits per heavy atom. The number of thiophene rings is 1. The molecule has 1 aromatic carbocycles. The van der Waals surface area contributed by atoms with Gasteiger partial charge in [-0.25, -0.2) is 4.68 Å². The quantitative estimate of drug-likeness (QED) is 0.540. The summed E-state index contributed by atoms with van der Waals surface area (Å²) in [5.41, 5.74) is 1.30. The van der Waals surface area contributed by atoms with Gasteiger partial charge in [-0.1, -0.05) is 17.7 Å². The van der Waals surface area contributed by atoms with Crippen LogP contribution in [-0.2, 0) is 17.6 Å². The molecule has 0 bridgehead atoms. The molecule has 3 heterocycles. The van der Waals surface area contributed by atoms with Crippen LogP contribution < -0.4 is 16.1 Å². The number of nitrogens with one attached hydrogen (secondary N) is 2. The lowest BCUT2D eigenvalue weighted by Crippen LogP contribution is -2.33. The molecular weight excluding hydrogens is 476 g/mol. The highest BCUT2D eigenvalue weighted by Gasteiger charge is 2.29. The summed E-state index contributed by atoms with van der Waals surface area (Å²) in [5.74, 6) is -0.892. The highest BCUT2D eigenvalue weighted by Crippen LogP contribution is 2.39. The smallest absolute Gasteiger partial charge is 0.280 e. The fourth-order valence-corrected chi connectivity index (χ4v) is 5.79. The van der Waals surface area contributed by atoms with Crippen molar-refractivity contribution in [3.8, 4) is 5.69 Å². The lowest BCUT2D eigenvalue weighted by atomic mass is 10.1. The van der Waals surface area contributed by atoms with Crippen LogP contribution in [-0.4, -0.2) is 40.9 Å². The number of ether oxygens (including phenoxy) is 1. The molecule has 176 valence electrons. The number of carbonyl (C=O) groups excluding carboxylic acids is 2. The summed E-state index contributed by atoms with van der Waals surface area (Å²) in [6.45, 7) is 1.15. The number of anilines is 1. The van der Waals surface area contributed by atoms with E-state index < -0.39 is 11.3 Å². The maximum Gasteiger partial charge on any atom is 0.280 e. The summed E-state index contributed by atoms with van der Waals surface area (Å²) in [6.07, 6.45) is 6.05. The molecule has 0 saturated carbocycles. The van der Waals surface area contributed by atoms with Crippen LogP contribution in [0.25, 0.3) is 5.69 Å². The lowest BCUT2D eigenvalue weighted by molar-refractivity contribution is 0.0858. The van der Waals surface area contributed by atoms with Gasteiger partial charge in [0.25, 0.3) is 11.8 Å². The van der Waals surface area contributed by atoms with Crippen LogP contribution in [0.5, 0.6) is 0 Å². The molecule has 1 unspecified atom stereocenters. The second-order valence-electron chi connectivity index (χ2n) is 8.31. The summed E-state index contributed by atoms with van der Waals surface area (Å²) in [6, 6.07) is 8.22. The lowest BCUT2D eigenvalue weighted by Gasteiger charge is -2.13. The van der Waals surface area contributed by atoms with E-state index in [0.29, 0.717) is 34.4 Å². The minimum absolute atomic E-state index is 0.0205. The number of amides is 2. The topological polar surface area (TPSA) is 102 Å². The van der Waals surface area contributed by atoms with E-state index in [9.17, 15) is 14.4 Å². The van der Waals surface area contributed by atoms with Gasteiger partial charge in [0, 0.05) is 35.3 Å². The predicted octanol–water partition coefficient (Wildman–Crippen LogP) is 3.60. The summed E-state index contributed by atoms with van der Waals surface area (Å²) in [7, 11) is 0. The third-order valence-corrected chi connectivity index (χ3v) is 7.43. The van der Waals surface area contributed by atoms with Gasteiger partial charge < -0.3 is 15.4 Å². The first kappa shape index (κ1) is 22.8. The second-order valence-corrected chi connectivity index (χ2v) is 9.86. The molecule has 1 aliphatic carbocycles. The van der Waals surface area contributed by atoms with Crippen molar-refractivity contribution in [3.63, 3.8) is 0 Å². The van der Waals surface area contributed by atoms with Crippen LogP contribution in [0.2, 0.25) is 5.02 Å². The molecule has 0 spiro atoms. The number of halogens is 1. The Balaban J connectivity index is 1.40. The van der Waals surface area contributed by atoms with Crippen molar-refractivity contribution in [2.75, 3.05) is 18.5 Å². The minimum atomic E-state index is -0.658. The molecule has 5 rings (SSSR count). The molecule has 2 aromatic heterocycles. The van der Waals surface area contributed by atoms with Crippen LogP contribution >= 0.6 is 22.9 Å². The second kappa shape index (κ2) is 9.69. The van der Waals surface area contributed by atoms with Crippen molar-refractivity contribution in [1.82, 2.24) is 15.1 Å². The monoisotopic (exact) mass is 498 g/mol. The zero-order valence-corrected chi connectivity index (χ0v) is 19.9. The number of carbonyl (C=O) groups is 2. The van der Waals surface area contributed by atoms with E-state index in [1.165, 1.54) is 28.3 Å². The number of nitrogens with zero attached hydrogens (tertiary/aromatic N) is 2. The van der Waals surface area contributed by atoms with Gasteiger partial charge in [0.05, 0.1) is 17.4 Å². The maximum atomic E-state index is 13.1. The Morgan fingerprint density at radius 3 is 2.88 bits per heavy atom. The summed E-state index contributed by atoms with van der Waals surface area (Å²) in [5, 5.41) is 10.9. The molecule has 1 aliphatic heterocycles. The highest BCUT2D eigenvalue weighted by molar-refractivity contribution is 7.17. The van der Waals surface area contributed by atoms with E-state index in [1.54, 1.807) is 24.3 Å². The number of aromatic nitrogens is 2. The molecule has 1 saturated heterocycles. The van der Waals surface area contributed by atoms with Crippen LogP contribution in [0.3, 0.4) is 0 Å². The van der Waals surface area contributed by atoms with Gasteiger partial charge in [-0.15, -0.1) is 11.3 Å². The normalized spacial score (nSPS) is 16.9. The van der Waals surface area contributed by atoms with Crippen molar-refractivity contribution in [2.24, 2.45) is 0 Å². The van der Waals surface area contributed by atoms with Crippen LogP contribution in [0, 0.1) is 0 Å². The van der Waals surface area contributed by atoms with Crippen molar-refractivity contribution in [3.05, 3.63) is 73.5 Å². The van der Waals surface area contributed by atoms with Gasteiger partial charge in [0.15, 0.2) is 5.69 Å². The third-order valence-electron chi connectivity index (χ3n) is 5.99. The van der Waals surface area contributed by atoms with Crippen molar-refractivity contribution < 1.29 is 14.3 Å². The van der Waals surface area contributed by atoms with Crippen LogP contribution in [0.4, 0.5) is 5.00 Å². The molecule has 2 aliphatic rings. The van der Waals surface area contributed by atoms with E-state index in [2.05, 4.69) is 15.7 Å². The Morgan fingerprint density at radius 2 is 2.09 bits per heavy atom. The number of aryl methyl sites for hydroxylation is 1. The molecule has 8 nitrogen and oxygen atoms in total. The first-order valence-corrected chi connectivity index (χ1v) is 12.4. The van der Waals surface area contributed by atoms with Crippen LogP contribution in [0.1, 0.15) is 50.5 Å². The highest BCUT2D eigenvalue weighted by atomic mass is 35.5. The SMILES string of the molecule is O=C(NCC1CCCO1)c1c(NC(=O)c2nn(-c3cccc(Cl)c3)ccc2=O)sc2c1CCC2. The number of rotatable bonds is 6. The van der Waals surface area contributed by atoms with Crippen molar-refractivity contribution in [2.45, 2.75) is 38.2 Å². The first-order valence-electron chi connectivity index (χ1n) is 11.2. The van der Waals surface area contributed by atoms with Crippen molar-refractivity contribution in [1.29, 1.82) is 0 Å². The van der Waals surface area contributed by atoms with Gasteiger partial charge in [-0.2, -0.15) is 5.10 Å². The molecular formula is C24H23ClN4O4S. The van der Waals surface area contributed by atoms with E-state index in [-0.39, 0.29) is 17.7 Å². The Labute approximate surface area is 204 Å². The first-order chi connectivity index (χ1) is 16.5. The maximum absolute atomic E-state index is 13.1. The minimum Gasteiger partial charge on any atom is -0.376 e. The average Bonchev–Trinajstić information content (AvgIpc) is 3.56. The molecule has 3 aromatic rings. The van der Waals surface area contributed by atoms with Crippen molar-refractivity contribution >= 4 is 39.8 Å². The fraction of sp³-hybridized carbons (Fsp3) is 0.333. The summed E-state index contributed by atoms with van der Waals surface area (Å²) < 4.78 is 7.02. The molecule has 1 fully saturated rings. The number of benzene rings is 1. The zero-order valence-electron chi connectivity index (χ0n) is 18.3. The van der Waals surface area contributed by atoms with E-state index in [0.717, 1.165) is 42.5 Å². The third kappa shape index (κ3) is 4.64. The standard InChI is InChI=1S/C24H23ClN4O4S/c25-14-4-1-5-15(12-14)29-10-9-18(30)21(28-29)23(32)27-24-20(17-7-2-8-19(17)34-24)22(31)26-13-16-6-3-11-33-16/h1,4-5,9-10,12,16H,2-3,6-8,11,13H2,(H,26,31)(H,27,32). The Bertz CT molecular complexity index is 1310. The summed E-state index contributed by atoms with van der Waals surface area (Å²) >= 11 is 7.45. The molecule has 0 radical (unpaired) electrons. The van der Waals surface area contributed by atoms with Gasteiger partial charge in [-0.3, -0.25) is 14.4 Å². The largest absolute Gasteiger partial charge is 0.376 e. The predicted molar refractivity (Wildman–Crippen MR) is 130 cm³/mol. The Kier molecular flexibility index (Phi) is 6.49. The van der Waals surface area contributed by atoms with Gasteiger partial charge in [-0.05, 0) is 55.9 Å². The number of fused-ring (bicyclic) bond motifs is 1. The molecule has 2 amide bonds. The van der Waals surface area contributed by atoms with Gasteiger partial charge in [0.2, 0.25) is 5.43 Å². The number of hydrogen-bond donors (Lipinski definition) is 2. The number of hydrogen-bond acceptors (Lipinski definition) is 6. The molecule has 10 heteroatoms. The molecule has 34 heavy (non-hydrogen) atoms. The Hall–Kier alpha value is -3.01. The van der Waals surface area contributed by atoms with E-state index >= 15 is 0 Å². The zero-order chi connectivity index (χ0) is 23.7. The van der Waals surface area contributed by atoms with Gasteiger partial charge >= 0.3 is 0 Å². The van der Waals surface area contributed by atoms with E-state index in [1.807, 2.05) is 0 Å². The molecule has 1 atom stereocenters.